The molecule has 0 saturated heterocycles. The number of hydrogen-bond donors (Lipinski definition) is 1. The summed E-state index contributed by atoms with van der Waals surface area (Å²) in [6.07, 6.45) is 0.129. The molecule has 0 saturated carbocycles. The first kappa shape index (κ1) is 12.9. The summed E-state index contributed by atoms with van der Waals surface area (Å²) in [4.78, 5) is 0. The smallest absolute Gasteiger partial charge is 0.155 e. The molecule has 0 aromatic carbocycles. The first-order valence-corrected chi connectivity index (χ1v) is 6.08. The summed E-state index contributed by atoms with van der Waals surface area (Å²) < 4.78 is 26.3. The van der Waals surface area contributed by atoms with Crippen LogP contribution in [0.3, 0.4) is 0 Å². The molecule has 0 amide bonds. The second kappa shape index (κ2) is 4.39. The van der Waals surface area contributed by atoms with Gasteiger partial charge < -0.3 is 9.84 Å². The van der Waals surface area contributed by atoms with Crippen LogP contribution in [0.15, 0.2) is 0 Å². The molecule has 0 heterocycles. The predicted molar refractivity (Wildman–Crippen MR) is 51.4 cm³/mol. The van der Waals surface area contributed by atoms with E-state index in [1.807, 2.05) is 0 Å². The van der Waals surface area contributed by atoms with Gasteiger partial charge in [-0.1, -0.05) is 0 Å². The van der Waals surface area contributed by atoms with Crippen molar-refractivity contribution >= 4 is 9.84 Å². The molecule has 1 atom stereocenters. The highest BCUT2D eigenvalue weighted by Gasteiger charge is 2.37. The summed E-state index contributed by atoms with van der Waals surface area (Å²) >= 11 is 0. The Hall–Kier alpha value is -0.130. The van der Waals surface area contributed by atoms with Crippen molar-refractivity contribution in [2.45, 2.75) is 31.6 Å². The average Bonchev–Trinajstić information content (AvgIpc) is 1.97. The molecular formula is C8H18O4S. The molecule has 0 aliphatic rings. The molecule has 0 fully saturated rings. The maximum atomic E-state index is 11.2. The van der Waals surface area contributed by atoms with E-state index >= 15 is 0 Å². The SMILES string of the molecule is CCOCC(O)C(C)(C)S(C)(=O)=O. The second-order valence-corrected chi connectivity index (χ2v) is 6.15. The van der Waals surface area contributed by atoms with E-state index in [0.29, 0.717) is 6.61 Å². The molecule has 0 bridgehead atoms. The van der Waals surface area contributed by atoms with Gasteiger partial charge in [0.05, 0.1) is 17.5 Å². The Labute approximate surface area is 79.8 Å². The fourth-order valence-corrected chi connectivity index (χ4v) is 1.24. The number of rotatable bonds is 5. The van der Waals surface area contributed by atoms with E-state index in [2.05, 4.69) is 0 Å². The number of aliphatic hydroxyl groups excluding tert-OH is 1. The molecule has 0 aromatic rings. The average molecular weight is 210 g/mol. The molecule has 13 heavy (non-hydrogen) atoms. The molecule has 1 unspecified atom stereocenters. The second-order valence-electron chi connectivity index (χ2n) is 3.55. The van der Waals surface area contributed by atoms with Crippen molar-refractivity contribution in [2.75, 3.05) is 19.5 Å². The highest BCUT2D eigenvalue weighted by molar-refractivity contribution is 7.92. The molecule has 0 radical (unpaired) electrons. The minimum absolute atomic E-state index is 0.0522. The normalized spacial score (nSPS) is 15.8. The molecule has 1 N–H and O–H groups in total. The quantitative estimate of drug-likeness (QED) is 0.704. The fourth-order valence-electron chi connectivity index (χ4n) is 0.677. The Balaban J connectivity index is 4.46. The first-order chi connectivity index (χ1) is 5.73. The van der Waals surface area contributed by atoms with Crippen LogP contribution < -0.4 is 0 Å². The van der Waals surface area contributed by atoms with E-state index in [9.17, 15) is 13.5 Å². The molecule has 5 heteroatoms. The molecule has 0 rings (SSSR count). The number of ether oxygens (including phenoxy) is 1. The van der Waals surface area contributed by atoms with Crippen molar-refractivity contribution in [3.63, 3.8) is 0 Å². The minimum atomic E-state index is -3.26. The van der Waals surface area contributed by atoms with Crippen LogP contribution in [0.1, 0.15) is 20.8 Å². The molecule has 80 valence electrons. The van der Waals surface area contributed by atoms with Gasteiger partial charge in [-0.15, -0.1) is 0 Å². The first-order valence-electron chi connectivity index (χ1n) is 4.19. The highest BCUT2D eigenvalue weighted by atomic mass is 32.2. The van der Waals surface area contributed by atoms with E-state index in [0.717, 1.165) is 6.26 Å². The van der Waals surface area contributed by atoms with E-state index < -0.39 is 20.7 Å². The molecule has 4 nitrogen and oxygen atoms in total. The highest BCUT2D eigenvalue weighted by Crippen LogP contribution is 2.20. The maximum Gasteiger partial charge on any atom is 0.155 e. The van der Waals surface area contributed by atoms with E-state index in [4.69, 9.17) is 4.74 Å². The third-order valence-electron chi connectivity index (χ3n) is 2.24. The summed E-state index contributed by atoms with van der Waals surface area (Å²) in [5.74, 6) is 0. The van der Waals surface area contributed by atoms with E-state index in [1.165, 1.54) is 13.8 Å². The fraction of sp³-hybridized carbons (Fsp3) is 1.00. The van der Waals surface area contributed by atoms with E-state index in [1.54, 1.807) is 6.92 Å². The van der Waals surface area contributed by atoms with Crippen molar-refractivity contribution in [3.8, 4) is 0 Å². The van der Waals surface area contributed by atoms with Gasteiger partial charge in [-0.05, 0) is 20.8 Å². The summed E-state index contributed by atoms with van der Waals surface area (Å²) in [6.45, 7) is 5.30. The molecule has 0 aliphatic heterocycles. The Morgan fingerprint density at radius 3 is 2.23 bits per heavy atom. The Morgan fingerprint density at radius 2 is 1.92 bits per heavy atom. The molecule has 0 aromatic heterocycles. The van der Waals surface area contributed by atoms with Crippen LogP contribution in [0.4, 0.5) is 0 Å². The lowest BCUT2D eigenvalue weighted by molar-refractivity contribution is 0.0251. The van der Waals surface area contributed by atoms with Gasteiger partial charge in [0.1, 0.15) is 0 Å². The Bertz CT molecular complexity index is 243. The lowest BCUT2D eigenvalue weighted by Crippen LogP contribution is -2.45. The van der Waals surface area contributed by atoms with Gasteiger partial charge >= 0.3 is 0 Å². The van der Waals surface area contributed by atoms with Crippen molar-refractivity contribution < 1.29 is 18.3 Å². The van der Waals surface area contributed by atoms with Crippen molar-refractivity contribution in [1.82, 2.24) is 0 Å². The van der Waals surface area contributed by atoms with Crippen molar-refractivity contribution in [1.29, 1.82) is 0 Å². The predicted octanol–water partition coefficient (Wildman–Crippen LogP) is 0.207. The lowest BCUT2D eigenvalue weighted by Gasteiger charge is -2.28. The molecule has 0 spiro atoms. The molecule has 0 aliphatic carbocycles. The summed E-state index contributed by atoms with van der Waals surface area (Å²) in [5, 5.41) is 9.54. The van der Waals surface area contributed by atoms with Crippen LogP contribution in [0.25, 0.3) is 0 Å². The van der Waals surface area contributed by atoms with Crippen LogP contribution in [-0.4, -0.2) is 43.8 Å². The van der Waals surface area contributed by atoms with Gasteiger partial charge in [0, 0.05) is 12.9 Å². The largest absolute Gasteiger partial charge is 0.389 e. The maximum absolute atomic E-state index is 11.2. The van der Waals surface area contributed by atoms with Crippen LogP contribution in [0.5, 0.6) is 0 Å². The van der Waals surface area contributed by atoms with Crippen LogP contribution >= 0.6 is 0 Å². The number of sulfone groups is 1. The van der Waals surface area contributed by atoms with Gasteiger partial charge in [0.2, 0.25) is 0 Å². The van der Waals surface area contributed by atoms with Gasteiger partial charge in [0.25, 0.3) is 0 Å². The lowest BCUT2D eigenvalue weighted by atomic mass is 10.1. The van der Waals surface area contributed by atoms with Crippen molar-refractivity contribution in [3.05, 3.63) is 0 Å². The van der Waals surface area contributed by atoms with E-state index in [-0.39, 0.29) is 6.61 Å². The zero-order chi connectivity index (χ0) is 10.7. The van der Waals surface area contributed by atoms with Gasteiger partial charge in [0.15, 0.2) is 9.84 Å². The van der Waals surface area contributed by atoms with Crippen LogP contribution in [0.2, 0.25) is 0 Å². The summed E-state index contributed by atoms with van der Waals surface area (Å²) in [6, 6.07) is 0. The third-order valence-corrected chi connectivity index (χ3v) is 4.42. The minimum Gasteiger partial charge on any atom is -0.389 e. The zero-order valence-electron chi connectivity index (χ0n) is 8.57. The number of aliphatic hydroxyl groups is 1. The third kappa shape index (κ3) is 3.25. The Kier molecular flexibility index (Phi) is 4.35. The standard InChI is InChI=1S/C8H18O4S/c1-5-12-6-7(9)8(2,3)13(4,10)11/h7,9H,5-6H2,1-4H3. The zero-order valence-corrected chi connectivity index (χ0v) is 9.39. The van der Waals surface area contributed by atoms with Crippen LogP contribution in [0, 0.1) is 0 Å². The Morgan fingerprint density at radius 1 is 1.46 bits per heavy atom. The van der Waals surface area contributed by atoms with Gasteiger partial charge in [-0.3, -0.25) is 0 Å². The monoisotopic (exact) mass is 210 g/mol. The van der Waals surface area contributed by atoms with Gasteiger partial charge in [-0.25, -0.2) is 8.42 Å². The topological polar surface area (TPSA) is 63.6 Å². The summed E-state index contributed by atoms with van der Waals surface area (Å²) in [5.41, 5.74) is 0. The number of hydrogen-bond acceptors (Lipinski definition) is 4. The van der Waals surface area contributed by atoms with Gasteiger partial charge in [-0.2, -0.15) is 0 Å². The van der Waals surface area contributed by atoms with Crippen molar-refractivity contribution in [2.24, 2.45) is 0 Å². The molecular weight excluding hydrogens is 192 g/mol. The van der Waals surface area contributed by atoms with Crippen LogP contribution in [-0.2, 0) is 14.6 Å². The summed E-state index contributed by atoms with van der Waals surface area (Å²) in [7, 11) is -3.26.